The maximum absolute atomic E-state index is 14.2. The van der Waals surface area contributed by atoms with Crippen LogP contribution < -0.4 is 5.32 Å². The minimum Gasteiger partial charge on any atom is -0.308 e. The summed E-state index contributed by atoms with van der Waals surface area (Å²) >= 11 is 3.14. The van der Waals surface area contributed by atoms with Gasteiger partial charge < -0.3 is 5.32 Å². The van der Waals surface area contributed by atoms with Crippen molar-refractivity contribution in [3.63, 3.8) is 0 Å². The Morgan fingerprint density at radius 2 is 2.10 bits per heavy atom. The second kappa shape index (κ2) is 5.60. The third kappa shape index (κ3) is 3.01. The van der Waals surface area contributed by atoms with Gasteiger partial charge in [-0.15, -0.1) is 0 Å². The topological polar surface area (TPSA) is 15.3 Å². The van der Waals surface area contributed by atoms with Gasteiger partial charge in [0, 0.05) is 36.8 Å². The second-order valence-corrected chi connectivity index (χ2v) is 7.50. The van der Waals surface area contributed by atoms with Gasteiger partial charge in [-0.25, -0.2) is 8.78 Å². The van der Waals surface area contributed by atoms with Crippen LogP contribution in [-0.4, -0.2) is 29.6 Å². The SMILES string of the molecule is CC1CNC(C)(C2CC2)CN1Cc1c(F)ccc(Br)c1F. The van der Waals surface area contributed by atoms with Crippen LogP contribution in [0.25, 0.3) is 0 Å². The lowest BCUT2D eigenvalue weighted by Crippen LogP contribution is -2.63. The molecule has 0 spiro atoms. The van der Waals surface area contributed by atoms with E-state index in [1.54, 1.807) is 0 Å². The Hall–Kier alpha value is -0.520. The second-order valence-electron chi connectivity index (χ2n) is 6.65. The van der Waals surface area contributed by atoms with Gasteiger partial charge in [-0.2, -0.15) is 0 Å². The van der Waals surface area contributed by atoms with E-state index in [9.17, 15) is 8.78 Å². The van der Waals surface area contributed by atoms with Crippen molar-refractivity contribution in [3.05, 3.63) is 33.8 Å². The van der Waals surface area contributed by atoms with Crippen molar-refractivity contribution in [2.75, 3.05) is 13.1 Å². The highest BCUT2D eigenvalue weighted by Crippen LogP contribution is 2.41. The van der Waals surface area contributed by atoms with E-state index in [0.717, 1.165) is 13.1 Å². The highest BCUT2D eigenvalue weighted by Gasteiger charge is 2.45. The molecule has 1 saturated heterocycles. The summed E-state index contributed by atoms with van der Waals surface area (Å²) in [5, 5.41) is 3.63. The number of hydrogen-bond acceptors (Lipinski definition) is 2. The molecule has 1 heterocycles. The normalized spacial score (nSPS) is 30.6. The van der Waals surface area contributed by atoms with E-state index in [-0.39, 0.29) is 17.1 Å². The van der Waals surface area contributed by atoms with Gasteiger partial charge in [0.1, 0.15) is 11.6 Å². The van der Waals surface area contributed by atoms with Crippen LogP contribution in [-0.2, 0) is 6.54 Å². The Morgan fingerprint density at radius 3 is 2.76 bits per heavy atom. The number of piperazine rings is 1. The van der Waals surface area contributed by atoms with Crippen LogP contribution in [0.4, 0.5) is 8.78 Å². The van der Waals surface area contributed by atoms with Crippen molar-refractivity contribution in [2.45, 2.75) is 44.8 Å². The Labute approximate surface area is 133 Å². The van der Waals surface area contributed by atoms with Crippen molar-refractivity contribution in [2.24, 2.45) is 5.92 Å². The fraction of sp³-hybridized carbons (Fsp3) is 0.625. The number of hydrogen-bond donors (Lipinski definition) is 1. The average molecular weight is 359 g/mol. The first kappa shape index (κ1) is 15.4. The van der Waals surface area contributed by atoms with E-state index in [1.807, 2.05) is 0 Å². The van der Waals surface area contributed by atoms with Crippen molar-refractivity contribution in [1.29, 1.82) is 0 Å². The summed E-state index contributed by atoms with van der Waals surface area (Å²) < 4.78 is 28.5. The number of rotatable bonds is 3. The molecule has 1 aromatic carbocycles. The first-order valence-corrected chi connectivity index (χ1v) is 8.31. The van der Waals surface area contributed by atoms with Crippen LogP contribution in [0.1, 0.15) is 32.3 Å². The lowest BCUT2D eigenvalue weighted by atomic mass is 9.91. The van der Waals surface area contributed by atoms with Crippen LogP contribution in [0.2, 0.25) is 0 Å². The molecular formula is C16H21BrF2N2. The van der Waals surface area contributed by atoms with Gasteiger partial charge in [-0.1, -0.05) is 0 Å². The van der Waals surface area contributed by atoms with Gasteiger partial charge in [0.25, 0.3) is 0 Å². The third-order valence-electron chi connectivity index (χ3n) is 4.93. The van der Waals surface area contributed by atoms with Crippen LogP contribution in [0.5, 0.6) is 0 Å². The van der Waals surface area contributed by atoms with Crippen LogP contribution in [0.3, 0.4) is 0 Å². The van der Waals surface area contributed by atoms with Crippen LogP contribution >= 0.6 is 15.9 Å². The maximum atomic E-state index is 14.2. The standard InChI is InChI=1S/C16H21BrF2N2/c1-10-7-20-16(2,11-3-4-11)9-21(10)8-12-14(18)6-5-13(17)15(12)19/h5-6,10-11,20H,3-4,7-9H2,1-2H3. The molecule has 0 amide bonds. The van der Waals surface area contributed by atoms with Crippen LogP contribution in [0, 0.1) is 17.6 Å². The number of nitrogens with one attached hydrogen (secondary N) is 1. The molecule has 1 saturated carbocycles. The highest BCUT2D eigenvalue weighted by molar-refractivity contribution is 9.10. The fourth-order valence-electron chi connectivity index (χ4n) is 3.27. The summed E-state index contributed by atoms with van der Waals surface area (Å²) in [6.07, 6.45) is 2.51. The van der Waals surface area contributed by atoms with E-state index in [0.29, 0.717) is 16.9 Å². The van der Waals surface area contributed by atoms with E-state index >= 15 is 0 Å². The zero-order valence-corrected chi connectivity index (χ0v) is 14.0. The Kier molecular flexibility index (Phi) is 4.10. The molecule has 2 fully saturated rings. The summed E-state index contributed by atoms with van der Waals surface area (Å²) in [5.74, 6) is -0.242. The summed E-state index contributed by atoms with van der Waals surface area (Å²) in [7, 11) is 0. The minimum atomic E-state index is -0.478. The number of benzene rings is 1. The summed E-state index contributed by atoms with van der Waals surface area (Å²) in [4.78, 5) is 2.20. The van der Waals surface area contributed by atoms with E-state index in [1.165, 1.54) is 25.0 Å². The maximum Gasteiger partial charge on any atom is 0.144 e. The first-order chi connectivity index (χ1) is 9.90. The highest BCUT2D eigenvalue weighted by atomic mass is 79.9. The molecule has 21 heavy (non-hydrogen) atoms. The van der Waals surface area contributed by atoms with Gasteiger partial charge in [-0.05, 0) is 60.7 Å². The Balaban J connectivity index is 1.81. The van der Waals surface area contributed by atoms with Gasteiger partial charge >= 0.3 is 0 Å². The molecule has 3 rings (SSSR count). The molecule has 1 N–H and O–H groups in total. The molecule has 2 atom stereocenters. The zero-order valence-electron chi connectivity index (χ0n) is 12.4. The predicted molar refractivity (Wildman–Crippen MR) is 83.1 cm³/mol. The monoisotopic (exact) mass is 358 g/mol. The van der Waals surface area contributed by atoms with Crippen molar-refractivity contribution >= 4 is 15.9 Å². The third-order valence-corrected chi connectivity index (χ3v) is 5.55. The van der Waals surface area contributed by atoms with Crippen molar-refractivity contribution in [1.82, 2.24) is 10.2 Å². The summed E-state index contributed by atoms with van der Waals surface area (Å²) in [6.45, 7) is 6.36. The van der Waals surface area contributed by atoms with Gasteiger partial charge in [0.05, 0.1) is 4.47 Å². The van der Waals surface area contributed by atoms with Gasteiger partial charge in [0.15, 0.2) is 0 Å². The summed E-state index contributed by atoms with van der Waals surface area (Å²) in [5.41, 5.74) is 0.238. The molecule has 5 heteroatoms. The first-order valence-electron chi connectivity index (χ1n) is 7.52. The van der Waals surface area contributed by atoms with E-state index in [2.05, 4.69) is 40.0 Å². The molecule has 116 valence electrons. The Morgan fingerprint density at radius 1 is 1.38 bits per heavy atom. The lowest BCUT2D eigenvalue weighted by molar-refractivity contribution is 0.0750. The minimum absolute atomic E-state index is 0.0749. The largest absolute Gasteiger partial charge is 0.308 e. The smallest absolute Gasteiger partial charge is 0.144 e. The summed E-state index contributed by atoms with van der Waals surface area (Å²) in [6, 6.07) is 3.02. The molecule has 0 bridgehead atoms. The predicted octanol–water partition coefficient (Wildman–Crippen LogP) is 3.69. The molecule has 1 aliphatic carbocycles. The molecule has 2 unspecified atom stereocenters. The van der Waals surface area contributed by atoms with Gasteiger partial charge in [-0.3, -0.25) is 4.90 Å². The Bertz CT molecular complexity index is 547. The van der Waals surface area contributed by atoms with E-state index in [4.69, 9.17) is 0 Å². The van der Waals surface area contributed by atoms with Gasteiger partial charge in [0.2, 0.25) is 0 Å². The molecule has 0 radical (unpaired) electrons. The molecule has 1 aromatic rings. The van der Waals surface area contributed by atoms with Crippen molar-refractivity contribution in [3.8, 4) is 0 Å². The molecule has 0 aromatic heterocycles. The quantitative estimate of drug-likeness (QED) is 0.829. The zero-order chi connectivity index (χ0) is 15.2. The molecular weight excluding hydrogens is 338 g/mol. The molecule has 1 aliphatic heterocycles. The van der Waals surface area contributed by atoms with Crippen LogP contribution in [0.15, 0.2) is 16.6 Å². The van der Waals surface area contributed by atoms with E-state index < -0.39 is 11.6 Å². The lowest BCUT2D eigenvalue weighted by Gasteiger charge is -2.45. The van der Waals surface area contributed by atoms with Crippen molar-refractivity contribution < 1.29 is 8.78 Å². The molecule has 2 aliphatic rings. The number of halogens is 3. The fourth-order valence-corrected chi connectivity index (χ4v) is 3.64. The number of nitrogens with zero attached hydrogens (tertiary/aromatic N) is 1. The average Bonchev–Trinajstić information content (AvgIpc) is 3.28. The molecule has 2 nitrogen and oxygen atoms in total.